The summed E-state index contributed by atoms with van der Waals surface area (Å²) in [6.07, 6.45) is 23.2. The molecule has 1 aliphatic heterocycles. The lowest BCUT2D eigenvalue weighted by Gasteiger charge is -2.32. The smallest absolute Gasteiger partial charge is 0.403 e. The van der Waals surface area contributed by atoms with Gasteiger partial charge >= 0.3 is 7.12 Å². The predicted molar refractivity (Wildman–Crippen MR) is 166 cm³/mol. The molecule has 0 aromatic heterocycles. The average molecular weight is 511 g/mol. The van der Waals surface area contributed by atoms with Gasteiger partial charge in [-0.25, -0.2) is 0 Å². The van der Waals surface area contributed by atoms with Gasteiger partial charge in [0.1, 0.15) is 0 Å². The van der Waals surface area contributed by atoms with Crippen molar-refractivity contribution in [2.45, 2.75) is 151 Å². The van der Waals surface area contributed by atoms with Crippen molar-refractivity contribution in [2.75, 3.05) is 0 Å². The molecule has 1 fully saturated rings. The Bertz CT molecular complexity index is 831. The second-order valence-corrected chi connectivity index (χ2v) is 13.3. The molecular formula is C34H59BO2. The summed E-state index contributed by atoms with van der Waals surface area (Å²) in [4.78, 5) is 0. The summed E-state index contributed by atoms with van der Waals surface area (Å²) < 4.78 is 13.1. The maximum Gasteiger partial charge on any atom is 0.468 e. The summed E-state index contributed by atoms with van der Waals surface area (Å²) in [7, 11) is -0.238. The molecule has 0 bridgehead atoms. The molecule has 2 nitrogen and oxygen atoms in total. The molecule has 0 aliphatic carbocycles. The largest absolute Gasteiger partial charge is 0.468 e. The van der Waals surface area contributed by atoms with Crippen LogP contribution in [0.2, 0.25) is 5.31 Å². The van der Waals surface area contributed by atoms with Gasteiger partial charge in [-0.3, -0.25) is 0 Å². The Hall–Kier alpha value is -1.32. The highest BCUT2D eigenvalue weighted by molar-refractivity contribution is 6.50. The van der Waals surface area contributed by atoms with E-state index in [1.54, 1.807) is 0 Å². The molecule has 1 aliphatic rings. The normalized spacial score (nSPS) is 20.2. The van der Waals surface area contributed by atoms with Crippen LogP contribution in [0.1, 0.15) is 134 Å². The molecule has 37 heavy (non-hydrogen) atoms. The Labute approximate surface area is 231 Å². The Kier molecular flexibility index (Phi) is 14.0. The summed E-state index contributed by atoms with van der Waals surface area (Å²) in [6.45, 7) is 26.5. The molecule has 2 atom stereocenters. The standard InChI is InChI=1S/C34H59BO2/c1-27(2)17-13-19-29(5)21-15-22-31(7)24-26-34(12,35-36-32(8,9)33(10,11)37-35)25-16-23-30(6)20-14-18-28(3)4/h17-18,21,23-24,26,31H,13-16,19-20,22,25H2,1-12H3/b26-24+,29-21+,30-23+/t31-,34-/m1/s1. The lowest BCUT2D eigenvalue weighted by molar-refractivity contribution is 0.00578. The third kappa shape index (κ3) is 12.4. The van der Waals surface area contributed by atoms with Crippen molar-refractivity contribution >= 4 is 7.12 Å². The van der Waals surface area contributed by atoms with Crippen LogP contribution in [0.15, 0.2) is 58.7 Å². The van der Waals surface area contributed by atoms with Crippen LogP contribution in [0.25, 0.3) is 0 Å². The molecule has 1 heterocycles. The Morgan fingerprint density at radius 2 is 1.19 bits per heavy atom. The second-order valence-electron chi connectivity index (χ2n) is 13.3. The van der Waals surface area contributed by atoms with Crippen molar-refractivity contribution in [1.29, 1.82) is 0 Å². The fraction of sp³-hybridized carbons (Fsp3) is 0.706. The molecule has 210 valence electrons. The predicted octanol–water partition coefficient (Wildman–Crippen LogP) is 11.0. The molecule has 0 radical (unpaired) electrons. The molecule has 1 saturated heterocycles. The summed E-state index contributed by atoms with van der Waals surface area (Å²) in [5, 5.41) is -0.175. The van der Waals surface area contributed by atoms with Crippen molar-refractivity contribution in [3.63, 3.8) is 0 Å². The van der Waals surface area contributed by atoms with Crippen molar-refractivity contribution in [3.8, 4) is 0 Å². The Morgan fingerprint density at radius 3 is 1.65 bits per heavy atom. The summed E-state index contributed by atoms with van der Waals surface area (Å²) in [5.74, 6) is 0.518. The van der Waals surface area contributed by atoms with Crippen molar-refractivity contribution in [3.05, 3.63) is 58.7 Å². The molecule has 1 rings (SSSR count). The van der Waals surface area contributed by atoms with E-state index in [-0.39, 0.29) is 23.6 Å². The van der Waals surface area contributed by atoms with Crippen LogP contribution in [0.3, 0.4) is 0 Å². The summed E-state index contributed by atoms with van der Waals surface area (Å²) >= 11 is 0. The van der Waals surface area contributed by atoms with Crippen LogP contribution < -0.4 is 0 Å². The van der Waals surface area contributed by atoms with E-state index in [2.05, 4.69) is 120 Å². The van der Waals surface area contributed by atoms with E-state index in [1.165, 1.54) is 28.7 Å². The Morgan fingerprint density at radius 1 is 0.730 bits per heavy atom. The first-order valence-corrected chi connectivity index (χ1v) is 14.7. The minimum Gasteiger partial charge on any atom is -0.403 e. The lowest BCUT2D eigenvalue weighted by Crippen LogP contribution is -2.41. The minimum atomic E-state index is -0.317. The summed E-state index contributed by atoms with van der Waals surface area (Å²) in [6, 6.07) is 0. The van der Waals surface area contributed by atoms with Crippen LogP contribution in [0.4, 0.5) is 0 Å². The van der Waals surface area contributed by atoms with Crippen molar-refractivity contribution in [1.82, 2.24) is 0 Å². The van der Waals surface area contributed by atoms with Gasteiger partial charge in [0.25, 0.3) is 0 Å². The monoisotopic (exact) mass is 510 g/mol. The third-order valence-corrected chi connectivity index (χ3v) is 8.07. The van der Waals surface area contributed by atoms with Gasteiger partial charge in [-0.1, -0.05) is 72.6 Å². The number of allylic oxidation sites excluding steroid dienone is 10. The third-order valence-electron chi connectivity index (χ3n) is 8.07. The van der Waals surface area contributed by atoms with Crippen molar-refractivity contribution in [2.24, 2.45) is 5.92 Å². The molecule has 3 heteroatoms. The molecule has 0 aromatic rings. The molecule has 0 spiro atoms. The van der Waals surface area contributed by atoms with Crippen LogP contribution in [0.5, 0.6) is 0 Å². The molecule has 0 aromatic carbocycles. The van der Waals surface area contributed by atoms with Gasteiger partial charge < -0.3 is 9.31 Å². The zero-order chi connectivity index (χ0) is 28.3. The second kappa shape index (κ2) is 15.3. The molecular weight excluding hydrogens is 451 g/mol. The topological polar surface area (TPSA) is 18.5 Å². The Balaban J connectivity index is 2.86. The first-order chi connectivity index (χ1) is 17.1. The van der Waals surface area contributed by atoms with Crippen LogP contribution in [-0.2, 0) is 9.31 Å². The SMILES string of the molecule is CC(C)=CCC/C(C)=C/CC[C@@H](C)/C=C/[C@@](C)(CC/C=C(\C)CCC=C(C)C)B1OC(C)(C)C(C)(C)O1. The zero-order valence-corrected chi connectivity index (χ0v) is 26.6. The van der Waals surface area contributed by atoms with E-state index in [1.807, 2.05) is 0 Å². The molecule has 0 unspecified atom stereocenters. The van der Waals surface area contributed by atoms with Crippen LogP contribution >= 0.6 is 0 Å². The van der Waals surface area contributed by atoms with Gasteiger partial charge in [0.05, 0.1) is 11.2 Å². The van der Waals surface area contributed by atoms with Gasteiger partial charge in [0.2, 0.25) is 0 Å². The first-order valence-electron chi connectivity index (χ1n) is 14.7. The maximum absolute atomic E-state index is 6.56. The van der Waals surface area contributed by atoms with E-state index >= 15 is 0 Å². The van der Waals surface area contributed by atoms with E-state index in [4.69, 9.17) is 9.31 Å². The fourth-order valence-corrected chi connectivity index (χ4v) is 4.48. The highest BCUT2D eigenvalue weighted by Crippen LogP contribution is 2.48. The lowest BCUT2D eigenvalue weighted by atomic mass is 9.56. The van der Waals surface area contributed by atoms with E-state index in [0.29, 0.717) is 5.92 Å². The van der Waals surface area contributed by atoms with E-state index in [9.17, 15) is 0 Å². The van der Waals surface area contributed by atoms with E-state index < -0.39 is 0 Å². The molecule has 0 N–H and O–H groups in total. The van der Waals surface area contributed by atoms with Crippen LogP contribution in [0, 0.1) is 5.92 Å². The quantitative estimate of drug-likeness (QED) is 0.161. The number of hydrogen-bond acceptors (Lipinski definition) is 2. The molecule has 0 saturated carbocycles. The molecule has 0 amide bonds. The van der Waals surface area contributed by atoms with Crippen molar-refractivity contribution < 1.29 is 9.31 Å². The van der Waals surface area contributed by atoms with Gasteiger partial charge in [-0.2, -0.15) is 0 Å². The maximum atomic E-state index is 6.56. The highest BCUT2D eigenvalue weighted by atomic mass is 16.7. The van der Waals surface area contributed by atoms with Gasteiger partial charge in [-0.05, 0) is 127 Å². The van der Waals surface area contributed by atoms with Gasteiger partial charge in [-0.15, -0.1) is 0 Å². The first kappa shape index (κ1) is 33.7. The zero-order valence-electron chi connectivity index (χ0n) is 26.6. The van der Waals surface area contributed by atoms with Gasteiger partial charge in [0, 0.05) is 5.31 Å². The number of hydrogen-bond donors (Lipinski definition) is 0. The number of rotatable bonds is 15. The highest BCUT2D eigenvalue weighted by Gasteiger charge is 2.56. The average Bonchev–Trinajstić information content (AvgIpc) is 2.99. The fourth-order valence-electron chi connectivity index (χ4n) is 4.48. The van der Waals surface area contributed by atoms with Crippen LogP contribution in [-0.4, -0.2) is 18.3 Å². The minimum absolute atomic E-state index is 0.175. The van der Waals surface area contributed by atoms with E-state index in [0.717, 1.165) is 44.9 Å². The summed E-state index contributed by atoms with van der Waals surface area (Å²) in [5.41, 5.74) is 5.14. The van der Waals surface area contributed by atoms with Gasteiger partial charge in [0.15, 0.2) is 0 Å².